The Morgan fingerprint density at radius 3 is 2.50 bits per heavy atom. The quantitative estimate of drug-likeness (QED) is 0.320. The molecule has 1 nitrogen and oxygen atoms in total. The van der Waals surface area contributed by atoms with Gasteiger partial charge in [0.25, 0.3) is 0 Å². The average Bonchev–Trinajstić information content (AvgIpc) is 2.79. The van der Waals surface area contributed by atoms with E-state index in [1.807, 2.05) is 7.11 Å². The maximum absolute atomic E-state index is 5.67. The standard InChI is InChI=1S/C13H21IOSi/c1-15-11-6-5-9-10-7-8(11)12(14)13(9,10)16(2,3)4/h5-6,8-12H,7H2,1-4H3/t8-,9-,10-,11+,12-,13-/m0/s1. The zero-order valence-corrected chi connectivity index (χ0v) is 13.7. The van der Waals surface area contributed by atoms with E-state index in [0.717, 1.165) is 21.7 Å². The first-order chi connectivity index (χ1) is 7.44. The first-order valence-corrected chi connectivity index (χ1v) is 11.0. The Kier molecular flexibility index (Phi) is 2.46. The van der Waals surface area contributed by atoms with Gasteiger partial charge < -0.3 is 4.74 Å². The molecule has 2 fully saturated rings. The minimum Gasteiger partial charge on any atom is -0.377 e. The van der Waals surface area contributed by atoms with E-state index < -0.39 is 8.07 Å². The Morgan fingerprint density at radius 1 is 1.31 bits per heavy atom. The molecule has 90 valence electrons. The van der Waals surface area contributed by atoms with Gasteiger partial charge in [-0.1, -0.05) is 54.4 Å². The summed E-state index contributed by atoms with van der Waals surface area (Å²) in [6.07, 6.45) is 6.65. The lowest BCUT2D eigenvalue weighted by Crippen LogP contribution is -2.39. The number of fused-ring (bicyclic) bond motifs is 1. The molecule has 0 radical (unpaired) electrons. The van der Waals surface area contributed by atoms with Crippen LogP contribution in [0.2, 0.25) is 24.7 Å². The summed E-state index contributed by atoms with van der Waals surface area (Å²) in [6.45, 7) is 7.69. The van der Waals surface area contributed by atoms with Crippen LogP contribution in [0.15, 0.2) is 12.2 Å². The number of ether oxygens (including phenoxy) is 1. The molecule has 0 aromatic carbocycles. The van der Waals surface area contributed by atoms with Gasteiger partial charge in [-0.3, -0.25) is 0 Å². The van der Waals surface area contributed by atoms with Gasteiger partial charge in [-0.05, 0) is 23.3 Å². The number of methoxy groups -OCH3 is 1. The van der Waals surface area contributed by atoms with E-state index in [-0.39, 0.29) is 0 Å². The van der Waals surface area contributed by atoms with Crippen LogP contribution in [-0.4, -0.2) is 25.2 Å². The molecule has 0 aromatic heterocycles. The van der Waals surface area contributed by atoms with Gasteiger partial charge in [0.1, 0.15) is 0 Å². The second-order valence-corrected chi connectivity index (χ2v) is 13.4. The lowest BCUT2D eigenvalue weighted by molar-refractivity contribution is 0.0928. The molecule has 0 amide bonds. The molecule has 0 unspecified atom stereocenters. The first kappa shape index (κ1) is 11.7. The third kappa shape index (κ3) is 1.15. The van der Waals surface area contributed by atoms with Gasteiger partial charge in [-0.25, -0.2) is 0 Å². The molecule has 0 aliphatic heterocycles. The smallest absolute Gasteiger partial charge is 0.0790 e. The molecule has 0 spiro atoms. The summed E-state index contributed by atoms with van der Waals surface area (Å²) in [5.41, 5.74) is 0. The maximum atomic E-state index is 5.67. The Bertz CT molecular complexity index is 348. The fourth-order valence-electron chi connectivity index (χ4n) is 4.70. The molecule has 0 heterocycles. The van der Waals surface area contributed by atoms with Gasteiger partial charge in [0.05, 0.1) is 14.2 Å². The van der Waals surface area contributed by atoms with Gasteiger partial charge in [0.15, 0.2) is 0 Å². The predicted molar refractivity (Wildman–Crippen MR) is 78.9 cm³/mol. The minimum absolute atomic E-state index is 0.384. The van der Waals surface area contributed by atoms with Crippen LogP contribution < -0.4 is 0 Å². The molecule has 0 aromatic rings. The third-order valence-electron chi connectivity index (χ3n) is 5.35. The first-order valence-electron chi connectivity index (χ1n) is 6.29. The molecular weight excluding hydrogens is 327 g/mol. The Labute approximate surface area is 113 Å². The van der Waals surface area contributed by atoms with E-state index in [4.69, 9.17) is 4.74 Å². The number of alkyl halides is 1. The van der Waals surface area contributed by atoms with Crippen LogP contribution in [0.3, 0.4) is 0 Å². The summed E-state index contributed by atoms with van der Waals surface area (Å²) in [4.78, 5) is 0. The molecule has 0 N–H and O–H groups in total. The molecule has 0 saturated heterocycles. The molecule has 6 atom stereocenters. The SMILES string of the molecule is CO[C@@H]1C=C[C@H]2[C@@H]3C[C@@H]1[C@H](I)[C@]23[Si](C)(C)C. The lowest BCUT2D eigenvalue weighted by Gasteiger charge is -2.35. The van der Waals surface area contributed by atoms with Crippen molar-refractivity contribution < 1.29 is 4.74 Å². The van der Waals surface area contributed by atoms with Crippen molar-refractivity contribution >= 4 is 30.7 Å². The van der Waals surface area contributed by atoms with Crippen molar-refractivity contribution in [1.82, 2.24) is 0 Å². The molecule has 4 bridgehead atoms. The molecule has 4 rings (SSSR count). The zero-order chi connectivity index (χ0) is 11.7. The number of rotatable bonds is 2. The third-order valence-corrected chi connectivity index (χ3v) is 11.5. The zero-order valence-electron chi connectivity index (χ0n) is 10.5. The highest BCUT2D eigenvalue weighted by molar-refractivity contribution is 14.1. The predicted octanol–water partition coefficient (Wildman–Crippen LogP) is 3.72. The van der Waals surface area contributed by atoms with Crippen molar-refractivity contribution in [2.45, 2.75) is 41.1 Å². The van der Waals surface area contributed by atoms with Crippen LogP contribution >= 0.6 is 22.6 Å². The van der Waals surface area contributed by atoms with E-state index in [0.29, 0.717) is 11.1 Å². The monoisotopic (exact) mass is 348 g/mol. The molecule has 16 heavy (non-hydrogen) atoms. The van der Waals surface area contributed by atoms with Gasteiger partial charge in [-0.15, -0.1) is 0 Å². The average molecular weight is 348 g/mol. The fourth-order valence-corrected chi connectivity index (χ4v) is 12.7. The molecule has 2 saturated carbocycles. The summed E-state index contributed by atoms with van der Waals surface area (Å²) < 4.78 is 6.51. The van der Waals surface area contributed by atoms with Crippen molar-refractivity contribution in [3.63, 3.8) is 0 Å². The van der Waals surface area contributed by atoms with Crippen molar-refractivity contribution in [3.8, 4) is 0 Å². The van der Waals surface area contributed by atoms with Crippen LogP contribution in [0.1, 0.15) is 6.42 Å². The normalized spacial score (nSPS) is 53.9. The Balaban J connectivity index is 2.02. The van der Waals surface area contributed by atoms with E-state index in [9.17, 15) is 0 Å². The van der Waals surface area contributed by atoms with Crippen molar-refractivity contribution in [1.29, 1.82) is 0 Å². The van der Waals surface area contributed by atoms with Crippen LogP contribution in [0, 0.1) is 17.8 Å². The van der Waals surface area contributed by atoms with Gasteiger partial charge in [0.2, 0.25) is 0 Å². The molecule has 3 heteroatoms. The second-order valence-electron chi connectivity index (χ2n) is 6.70. The summed E-state index contributed by atoms with van der Waals surface area (Å²) in [5, 5.41) is 0.696. The van der Waals surface area contributed by atoms with Crippen molar-refractivity contribution in [2.24, 2.45) is 17.8 Å². The highest BCUT2D eigenvalue weighted by Crippen LogP contribution is 2.83. The largest absolute Gasteiger partial charge is 0.377 e. The van der Waals surface area contributed by atoms with Crippen molar-refractivity contribution in [3.05, 3.63) is 12.2 Å². The highest BCUT2D eigenvalue weighted by Gasteiger charge is 2.77. The maximum Gasteiger partial charge on any atom is 0.0790 e. The Hall–Kier alpha value is 0.647. The number of hydrogen-bond acceptors (Lipinski definition) is 1. The van der Waals surface area contributed by atoms with E-state index in [1.165, 1.54) is 6.42 Å². The molecular formula is C13H21IOSi. The van der Waals surface area contributed by atoms with E-state index in [2.05, 4.69) is 54.4 Å². The number of hydrogen-bond donors (Lipinski definition) is 0. The Morgan fingerprint density at radius 2 is 2.00 bits per heavy atom. The summed E-state index contributed by atoms with van der Waals surface area (Å²) >= 11 is 2.75. The molecule has 4 aliphatic carbocycles. The van der Waals surface area contributed by atoms with Gasteiger partial charge >= 0.3 is 0 Å². The van der Waals surface area contributed by atoms with E-state index in [1.54, 1.807) is 0 Å². The second kappa shape index (κ2) is 3.35. The number of allylic oxidation sites excluding steroid dienone is 1. The lowest BCUT2D eigenvalue weighted by atomic mass is 9.98. The van der Waals surface area contributed by atoms with Crippen LogP contribution in [0.25, 0.3) is 0 Å². The van der Waals surface area contributed by atoms with Crippen LogP contribution in [0.5, 0.6) is 0 Å². The summed E-state index contributed by atoms with van der Waals surface area (Å²) in [5.74, 6) is 2.65. The summed E-state index contributed by atoms with van der Waals surface area (Å²) in [7, 11) is 0.789. The van der Waals surface area contributed by atoms with Gasteiger partial charge in [0, 0.05) is 17.0 Å². The fraction of sp³-hybridized carbons (Fsp3) is 0.846. The van der Waals surface area contributed by atoms with Crippen LogP contribution in [-0.2, 0) is 4.74 Å². The number of halogens is 1. The highest BCUT2D eigenvalue weighted by atomic mass is 127. The molecule has 4 aliphatic rings. The van der Waals surface area contributed by atoms with E-state index >= 15 is 0 Å². The topological polar surface area (TPSA) is 9.23 Å². The van der Waals surface area contributed by atoms with Crippen molar-refractivity contribution in [2.75, 3.05) is 7.11 Å². The minimum atomic E-state index is -1.08. The van der Waals surface area contributed by atoms with Gasteiger partial charge in [-0.2, -0.15) is 0 Å². The van der Waals surface area contributed by atoms with Crippen LogP contribution in [0.4, 0.5) is 0 Å². The summed E-state index contributed by atoms with van der Waals surface area (Å²) in [6, 6.07) is 0.